The van der Waals surface area contributed by atoms with E-state index in [4.69, 9.17) is 0 Å². The summed E-state index contributed by atoms with van der Waals surface area (Å²) in [7, 11) is -2.06. The summed E-state index contributed by atoms with van der Waals surface area (Å²) in [6.45, 7) is 3.06. The third-order valence-corrected chi connectivity index (χ3v) is 5.91. The molecule has 4 atom stereocenters. The van der Waals surface area contributed by atoms with Crippen LogP contribution in [0.1, 0.15) is 30.5 Å². The summed E-state index contributed by atoms with van der Waals surface area (Å²) in [6, 6.07) is 9.82. The SMILES string of the molecule is CCOC(=O)CC([C@H]([C@@H](N[S@@](=O)c1ccc(C)cc1)c1ccccc1)[N+](=O)[O-])C(F)(F)F. The van der Waals surface area contributed by atoms with E-state index in [1.54, 1.807) is 25.1 Å². The molecular weight excluding hydrogens is 449 g/mol. The molecular formula is C21H23F3N2O5S. The number of ether oxygens (including phenoxy) is 1. The Balaban J connectivity index is 2.51. The lowest BCUT2D eigenvalue weighted by molar-refractivity contribution is -0.546. The Morgan fingerprint density at radius 2 is 1.75 bits per heavy atom. The van der Waals surface area contributed by atoms with Gasteiger partial charge in [0.25, 0.3) is 0 Å². The molecule has 174 valence electrons. The summed E-state index contributed by atoms with van der Waals surface area (Å²) in [4.78, 5) is 22.9. The van der Waals surface area contributed by atoms with E-state index >= 15 is 0 Å². The minimum Gasteiger partial charge on any atom is -0.466 e. The zero-order valence-corrected chi connectivity index (χ0v) is 18.2. The van der Waals surface area contributed by atoms with Crippen LogP contribution in [0.5, 0.6) is 0 Å². The van der Waals surface area contributed by atoms with Gasteiger partial charge in [0, 0.05) is 4.92 Å². The Bertz CT molecular complexity index is 939. The average molecular weight is 472 g/mol. The largest absolute Gasteiger partial charge is 0.466 e. The zero-order chi connectivity index (χ0) is 23.9. The van der Waals surface area contributed by atoms with E-state index in [9.17, 15) is 32.3 Å². The highest BCUT2D eigenvalue weighted by atomic mass is 32.2. The molecule has 32 heavy (non-hydrogen) atoms. The van der Waals surface area contributed by atoms with Crippen molar-refractivity contribution < 1.29 is 31.8 Å². The molecule has 0 saturated heterocycles. The summed E-state index contributed by atoms with van der Waals surface area (Å²) in [5.41, 5.74) is 1.01. The van der Waals surface area contributed by atoms with Gasteiger partial charge in [-0.15, -0.1) is 0 Å². The van der Waals surface area contributed by atoms with Gasteiger partial charge in [0.05, 0.1) is 17.9 Å². The van der Waals surface area contributed by atoms with Gasteiger partial charge in [-0.05, 0) is 31.5 Å². The van der Waals surface area contributed by atoms with Crippen molar-refractivity contribution in [2.45, 2.75) is 43.4 Å². The number of nitrogens with zero attached hydrogens (tertiary/aromatic N) is 1. The maximum absolute atomic E-state index is 13.9. The molecule has 11 heteroatoms. The summed E-state index contributed by atoms with van der Waals surface area (Å²) in [5.74, 6) is -3.86. The molecule has 0 fully saturated rings. The number of rotatable bonds is 10. The van der Waals surface area contributed by atoms with Crippen LogP contribution in [0.15, 0.2) is 59.5 Å². The van der Waals surface area contributed by atoms with Gasteiger partial charge in [0.15, 0.2) is 0 Å². The molecule has 0 aliphatic carbocycles. The summed E-state index contributed by atoms with van der Waals surface area (Å²) in [6.07, 6.45) is -6.31. The highest BCUT2D eigenvalue weighted by Gasteiger charge is 2.55. The number of carbonyl (C=O) groups is 1. The number of esters is 1. The topological polar surface area (TPSA) is 98.5 Å². The molecule has 0 spiro atoms. The van der Waals surface area contributed by atoms with E-state index in [1.165, 1.54) is 43.3 Å². The highest BCUT2D eigenvalue weighted by Crippen LogP contribution is 2.38. The Kier molecular flexibility index (Phi) is 8.90. The van der Waals surface area contributed by atoms with E-state index < -0.39 is 52.5 Å². The Morgan fingerprint density at radius 3 is 2.25 bits per heavy atom. The fraction of sp³-hybridized carbons (Fsp3) is 0.381. The highest BCUT2D eigenvalue weighted by molar-refractivity contribution is 7.83. The lowest BCUT2D eigenvalue weighted by Gasteiger charge is -2.29. The van der Waals surface area contributed by atoms with Gasteiger partial charge in [-0.3, -0.25) is 14.9 Å². The quantitative estimate of drug-likeness (QED) is 0.319. The van der Waals surface area contributed by atoms with Crippen molar-refractivity contribution in [3.63, 3.8) is 0 Å². The number of aryl methyl sites for hydroxylation is 1. The molecule has 0 radical (unpaired) electrons. The van der Waals surface area contributed by atoms with E-state index in [-0.39, 0.29) is 17.1 Å². The predicted molar refractivity (Wildman–Crippen MR) is 111 cm³/mol. The van der Waals surface area contributed by atoms with Gasteiger partial charge in [0.2, 0.25) is 6.04 Å². The van der Waals surface area contributed by atoms with Crippen LogP contribution >= 0.6 is 0 Å². The smallest absolute Gasteiger partial charge is 0.399 e. The standard InChI is InChI=1S/C21H23F3N2O5S/c1-3-31-18(27)13-17(21(22,23)24)20(26(28)29)19(15-7-5-4-6-8-15)25-32(30)16-11-9-14(2)10-12-16/h4-12,17,19-20,25H,3,13H2,1-2H3/t17?,19-,20+,32-/m0/s1. The number of benzene rings is 2. The van der Waals surface area contributed by atoms with Gasteiger partial charge >= 0.3 is 12.1 Å². The van der Waals surface area contributed by atoms with E-state index in [2.05, 4.69) is 9.46 Å². The van der Waals surface area contributed by atoms with Gasteiger partial charge in [-0.2, -0.15) is 13.2 Å². The van der Waals surface area contributed by atoms with Crippen molar-refractivity contribution in [3.8, 4) is 0 Å². The first kappa shape index (κ1) is 25.5. The Hall–Kier alpha value is -2.79. The van der Waals surface area contributed by atoms with E-state index in [0.29, 0.717) is 0 Å². The molecule has 0 saturated carbocycles. The first-order chi connectivity index (χ1) is 15.0. The monoisotopic (exact) mass is 472 g/mol. The fourth-order valence-corrected chi connectivity index (χ4v) is 4.20. The van der Waals surface area contributed by atoms with Gasteiger partial charge in [0.1, 0.15) is 22.9 Å². The molecule has 2 aromatic carbocycles. The molecule has 0 amide bonds. The molecule has 2 aromatic rings. The second kappa shape index (κ2) is 11.2. The molecule has 0 aliphatic heterocycles. The van der Waals surface area contributed by atoms with E-state index in [0.717, 1.165) is 5.56 Å². The summed E-state index contributed by atoms with van der Waals surface area (Å²) >= 11 is 0. The lowest BCUT2D eigenvalue weighted by atomic mass is 9.87. The third-order valence-electron chi connectivity index (χ3n) is 4.74. The molecule has 1 unspecified atom stereocenters. The van der Waals surface area contributed by atoms with Crippen LogP contribution < -0.4 is 4.72 Å². The molecule has 0 bridgehead atoms. The summed E-state index contributed by atoms with van der Waals surface area (Å²) in [5, 5.41) is 11.9. The number of nitrogens with one attached hydrogen (secondary N) is 1. The molecule has 0 aliphatic rings. The molecule has 1 N–H and O–H groups in total. The van der Waals surface area contributed by atoms with Crippen LogP contribution in [0.2, 0.25) is 0 Å². The maximum Gasteiger partial charge on any atom is 0.399 e. The summed E-state index contributed by atoms with van der Waals surface area (Å²) < 4.78 is 61.6. The Labute approximate surface area is 185 Å². The minimum atomic E-state index is -5.08. The van der Waals surface area contributed by atoms with Crippen molar-refractivity contribution in [2.75, 3.05) is 6.61 Å². The average Bonchev–Trinajstić information content (AvgIpc) is 2.72. The van der Waals surface area contributed by atoms with Crippen molar-refractivity contribution in [1.29, 1.82) is 0 Å². The van der Waals surface area contributed by atoms with Crippen LogP contribution in [0.4, 0.5) is 13.2 Å². The van der Waals surface area contributed by atoms with Gasteiger partial charge < -0.3 is 4.74 Å². The third kappa shape index (κ3) is 6.86. The van der Waals surface area contributed by atoms with Crippen LogP contribution in [0, 0.1) is 23.0 Å². The zero-order valence-electron chi connectivity index (χ0n) is 17.4. The lowest BCUT2D eigenvalue weighted by Crippen LogP contribution is -2.48. The normalized spacial score (nSPS) is 15.4. The Morgan fingerprint density at radius 1 is 1.16 bits per heavy atom. The number of hydrogen-bond acceptors (Lipinski definition) is 5. The van der Waals surface area contributed by atoms with Crippen molar-refractivity contribution in [1.82, 2.24) is 4.72 Å². The predicted octanol–water partition coefficient (Wildman–Crippen LogP) is 4.13. The van der Waals surface area contributed by atoms with Crippen LogP contribution in [-0.2, 0) is 20.5 Å². The first-order valence-corrected chi connectivity index (χ1v) is 10.8. The maximum atomic E-state index is 13.9. The minimum absolute atomic E-state index is 0.132. The van der Waals surface area contributed by atoms with Gasteiger partial charge in [-0.1, -0.05) is 48.0 Å². The van der Waals surface area contributed by atoms with E-state index in [1.807, 2.05) is 0 Å². The van der Waals surface area contributed by atoms with Crippen molar-refractivity contribution >= 4 is 17.0 Å². The van der Waals surface area contributed by atoms with Crippen molar-refractivity contribution in [2.24, 2.45) is 5.92 Å². The second-order valence-corrected chi connectivity index (χ2v) is 8.27. The molecule has 7 nitrogen and oxygen atoms in total. The van der Waals surface area contributed by atoms with Crippen LogP contribution in [0.3, 0.4) is 0 Å². The number of nitro groups is 1. The van der Waals surface area contributed by atoms with Crippen LogP contribution in [-0.4, -0.2) is 33.9 Å². The fourth-order valence-electron chi connectivity index (χ4n) is 3.17. The number of hydrogen-bond donors (Lipinski definition) is 1. The second-order valence-electron chi connectivity index (χ2n) is 7.02. The molecule has 0 aromatic heterocycles. The number of alkyl halides is 3. The van der Waals surface area contributed by atoms with Crippen LogP contribution in [0.25, 0.3) is 0 Å². The molecule has 0 heterocycles. The first-order valence-electron chi connectivity index (χ1n) is 9.70. The number of carbonyl (C=O) groups excluding carboxylic acids is 1. The number of halogens is 3. The molecule has 2 rings (SSSR count). The van der Waals surface area contributed by atoms with Crippen molar-refractivity contribution in [3.05, 3.63) is 75.8 Å². The van der Waals surface area contributed by atoms with Gasteiger partial charge in [-0.25, -0.2) is 8.93 Å².